The summed E-state index contributed by atoms with van der Waals surface area (Å²) in [6.45, 7) is 12.4. The number of pyridine rings is 1. The minimum absolute atomic E-state index is 0.287. The van der Waals surface area contributed by atoms with Crippen LogP contribution in [-0.2, 0) is 9.47 Å². The van der Waals surface area contributed by atoms with Crippen molar-refractivity contribution in [3.63, 3.8) is 0 Å². The molecule has 0 atom stereocenters. The fraction of sp³-hybridized carbons (Fsp3) is 0.519. The van der Waals surface area contributed by atoms with Gasteiger partial charge in [-0.05, 0) is 31.4 Å². The van der Waals surface area contributed by atoms with Crippen LogP contribution in [0.3, 0.4) is 0 Å². The molecule has 0 unspecified atom stereocenters. The number of benzene rings is 1. The number of ether oxygens (including phenoxy) is 2. The number of rotatable bonds is 13. The number of nitrogens with one attached hydrogen (secondary N) is 1. The van der Waals surface area contributed by atoms with Gasteiger partial charge in [-0.1, -0.05) is 50.1 Å². The molecule has 35 heavy (non-hydrogen) atoms. The van der Waals surface area contributed by atoms with Crippen molar-refractivity contribution in [1.29, 1.82) is 0 Å². The van der Waals surface area contributed by atoms with Gasteiger partial charge in [0.1, 0.15) is 12.4 Å². The Morgan fingerprint density at radius 1 is 1.20 bits per heavy atom. The van der Waals surface area contributed by atoms with Gasteiger partial charge in [-0.3, -0.25) is 10.3 Å². The lowest BCUT2D eigenvalue weighted by molar-refractivity contribution is 0.0193. The van der Waals surface area contributed by atoms with E-state index in [0.29, 0.717) is 19.0 Å². The summed E-state index contributed by atoms with van der Waals surface area (Å²) >= 11 is 0. The van der Waals surface area contributed by atoms with E-state index >= 15 is 0 Å². The molecule has 1 aliphatic rings. The first-order valence-corrected chi connectivity index (χ1v) is 12.7. The summed E-state index contributed by atoms with van der Waals surface area (Å²) in [4.78, 5) is 22.0. The van der Waals surface area contributed by atoms with Crippen LogP contribution in [0.15, 0.2) is 41.5 Å². The van der Waals surface area contributed by atoms with Crippen molar-refractivity contribution in [2.24, 2.45) is 5.10 Å². The van der Waals surface area contributed by atoms with Gasteiger partial charge in [0.15, 0.2) is 5.69 Å². The van der Waals surface area contributed by atoms with Crippen molar-refractivity contribution in [3.8, 4) is 0 Å². The number of morpholine rings is 1. The van der Waals surface area contributed by atoms with E-state index in [-0.39, 0.29) is 5.69 Å². The second kappa shape index (κ2) is 14.4. The number of anilines is 2. The molecule has 1 saturated heterocycles. The normalized spacial score (nSPS) is 14.3. The number of nitrogens with zero attached hydrogens (tertiary/aromatic N) is 4. The van der Waals surface area contributed by atoms with Gasteiger partial charge in [0.25, 0.3) is 0 Å². The molecule has 0 saturated carbocycles. The first kappa shape index (κ1) is 26.6. The minimum Gasteiger partial charge on any atom is -0.460 e. The van der Waals surface area contributed by atoms with Crippen molar-refractivity contribution < 1.29 is 14.3 Å². The molecule has 8 nitrogen and oxygen atoms in total. The van der Waals surface area contributed by atoms with Gasteiger partial charge in [0, 0.05) is 44.5 Å². The summed E-state index contributed by atoms with van der Waals surface area (Å²) in [5.74, 6) is 0.0990. The first-order chi connectivity index (χ1) is 17.1. The summed E-state index contributed by atoms with van der Waals surface area (Å²) in [6, 6.07) is 11.9. The van der Waals surface area contributed by atoms with Gasteiger partial charge in [0.05, 0.1) is 19.4 Å². The number of hydrogen-bond acceptors (Lipinski definition) is 8. The third-order valence-electron chi connectivity index (χ3n) is 5.84. The number of unbranched alkanes of at least 4 members (excludes halogenated alkanes) is 1. The third kappa shape index (κ3) is 8.96. The number of aryl methyl sites for hydroxylation is 1. The van der Waals surface area contributed by atoms with Crippen molar-refractivity contribution in [3.05, 3.63) is 53.2 Å². The average Bonchev–Trinajstić information content (AvgIpc) is 2.87. The Morgan fingerprint density at radius 3 is 2.77 bits per heavy atom. The van der Waals surface area contributed by atoms with Crippen LogP contribution in [0.5, 0.6) is 0 Å². The second-order valence-corrected chi connectivity index (χ2v) is 8.81. The fourth-order valence-corrected chi connectivity index (χ4v) is 3.94. The Labute approximate surface area is 209 Å². The van der Waals surface area contributed by atoms with Gasteiger partial charge in [-0.15, -0.1) is 0 Å². The topological polar surface area (TPSA) is 79.3 Å². The van der Waals surface area contributed by atoms with Crippen LogP contribution in [0.25, 0.3) is 0 Å². The summed E-state index contributed by atoms with van der Waals surface area (Å²) in [5.41, 5.74) is 6.41. The average molecular weight is 482 g/mol. The maximum absolute atomic E-state index is 12.9. The SMILES string of the molecule is CCCCN(CCC)c1cc(N/N=C/c2cccc(C)c2)nc(C(=O)OCCN2CCOCC2)c1. The molecule has 0 spiro atoms. The van der Waals surface area contributed by atoms with E-state index in [1.165, 1.54) is 5.56 Å². The monoisotopic (exact) mass is 481 g/mol. The highest BCUT2D eigenvalue weighted by Gasteiger charge is 2.17. The molecule has 0 aliphatic carbocycles. The number of aromatic nitrogens is 1. The van der Waals surface area contributed by atoms with E-state index in [4.69, 9.17) is 9.47 Å². The number of carbonyl (C=O) groups excluding carboxylic acids is 1. The standard InChI is InChI=1S/C27H39N5O3/c1-4-6-11-32(10-5-2)24-19-25(27(33)35-17-14-31-12-15-34-16-13-31)29-26(20-24)30-28-21-23-9-7-8-22(3)18-23/h7-9,18-21H,4-6,10-17H2,1-3H3,(H,29,30)/b28-21+. The van der Waals surface area contributed by atoms with E-state index in [0.717, 1.165) is 69.9 Å². The fourth-order valence-electron chi connectivity index (χ4n) is 3.94. The Balaban J connectivity index is 1.74. The Hall–Kier alpha value is -2.97. The minimum atomic E-state index is -0.419. The van der Waals surface area contributed by atoms with Crippen LogP contribution < -0.4 is 10.3 Å². The van der Waals surface area contributed by atoms with Crippen molar-refractivity contribution in [1.82, 2.24) is 9.88 Å². The zero-order valence-electron chi connectivity index (χ0n) is 21.3. The summed E-state index contributed by atoms with van der Waals surface area (Å²) in [5, 5.41) is 4.36. The lowest BCUT2D eigenvalue weighted by atomic mass is 10.2. The van der Waals surface area contributed by atoms with Crippen LogP contribution in [-0.4, -0.2) is 74.6 Å². The van der Waals surface area contributed by atoms with Crippen LogP contribution in [0.1, 0.15) is 54.7 Å². The van der Waals surface area contributed by atoms with Gasteiger partial charge in [-0.2, -0.15) is 5.10 Å². The molecule has 8 heteroatoms. The molecule has 1 aromatic carbocycles. The predicted octanol–water partition coefficient (Wildman–Crippen LogP) is 4.34. The molecular weight excluding hydrogens is 442 g/mol. The van der Waals surface area contributed by atoms with Gasteiger partial charge < -0.3 is 14.4 Å². The van der Waals surface area contributed by atoms with E-state index in [1.807, 2.05) is 37.3 Å². The van der Waals surface area contributed by atoms with E-state index < -0.39 is 5.97 Å². The molecule has 3 rings (SSSR count). The van der Waals surface area contributed by atoms with Crippen LogP contribution in [0.4, 0.5) is 11.5 Å². The Kier molecular flexibility index (Phi) is 11.0. The zero-order valence-corrected chi connectivity index (χ0v) is 21.3. The number of hydrazone groups is 1. The smallest absolute Gasteiger partial charge is 0.357 e. The van der Waals surface area contributed by atoms with Gasteiger partial charge in [-0.25, -0.2) is 9.78 Å². The van der Waals surface area contributed by atoms with Crippen molar-refractivity contribution in [2.45, 2.75) is 40.0 Å². The molecule has 1 fully saturated rings. The highest BCUT2D eigenvalue weighted by atomic mass is 16.5. The van der Waals surface area contributed by atoms with Crippen LogP contribution in [0.2, 0.25) is 0 Å². The van der Waals surface area contributed by atoms with Crippen molar-refractivity contribution >= 4 is 23.7 Å². The van der Waals surface area contributed by atoms with E-state index in [9.17, 15) is 4.79 Å². The maximum Gasteiger partial charge on any atom is 0.357 e. The molecule has 1 aromatic heterocycles. The Morgan fingerprint density at radius 2 is 2.03 bits per heavy atom. The lowest BCUT2D eigenvalue weighted by Gasteiger charge is -2.26. The second-order valence-electron chi connectivity index (χ2n) is 8.81. The molecular formula is C27H39N5O3. The first-order valence-electron chi connectivity index (χ1n) is 12.7. The zero-order chi connectivity index (χ0) is 24.9. The molecule has 190 valence electrons. The molecule has 0 amide bonds. The summed E-state index contributed by atoms with van der Waals surface area (Å²) in [7, 11) is 0. The number of hydrogen-bond donors (Lipinski definition) is 1. The summed E-state index contributed by atoms with van der Waals surface area (Å²) < 4.78 is 11.0. The third-order valence-corrected chi connectivity index (χ3v) is 5.84. The largest absolute Gasteiger partial charge is 0.460 e. The van der Waals surface area contributed by atoms with E-state index in [1.54, 1.807) is 6.21 Å². The predicted molar refractivity (Wildman–Crippen MR) is 142 cm³/mol. The molecule has 2 aromatic rings. The summed E-state index contributed by atoms with van der Waals surface area (Å²) in [6.07, 6.45) is 4.95. The number of esters is 1. The van der Waals surface area contributed by atoms with Gasteiger partial charge >= 0.3 is 5.97 Å². The molecule has 0 bridgehead atoms. The lowest BCUT2D eigenvalue weighted by Crippen LogP contribution is -2.38. The molecule has 1 N–H and O–H groups in total. The number of carbonyl (C=O) groups is 1. The van der Waals surface area contributed by atoms with Crippen molar-refractivity contribution in [2.75, 3.05) is 62.9 Å². The highest BCUT2D eigenvalue weighted by Crippen LogP contribution is 2.22. The van der Waals surface area contributed by atoms with E-state index in [2.05, 4.69) is 45.2 Å². The Bertz CT molecular complexity index is 960. The molecule has 2 heterocycles. The molecule has 1 aliphatic heterocycles. The highest BCUT2D eigenvalue weighted by molar-refractivity contribution is 5.89. The quantitative estimate of drug-likeness (QED) is 0.259. The van der Waals surface area contributed by atoms with Crippen LogP contribution >= 0.6 is 0 Å². The van der Waals surface area contributed by atoms with Crippen LogP contribution in [0, 0.1) is 6.92 Å². The molecule has 0 radical (unpaired) electrons. The maximum atomic E-state index is 12.9. The van der Waals surface area contributed by atoms with Gasteiger partial charge in [0.2, 0.25) is 0 Å².